The van der Waals surface area contributed by atoms with Crippen molar-refractivity contribution in [3.8, 4) is 17.0 Å². The Morgan fingerprint density at radius 2 is 1.92 bits per heavy atom. The number of nitrogen functional groups attached to an aromatic ring is 1. The molecule has 1 saturated heterocycles. The number of carbonyl (C=O) groups is 1. The molecule has 1 fully saturated rings. The molecule has 0 aliphatic carbocycles. The Morgan fingerprint density at radius 3 is 2.50 bits per heavy atom. The number of nitrogens with two attached hydrogens (primary N) is 1. The van der Waals surface area contributed by atoms with E-state index in [4.69, 9.17) is 10.5 Å². The Bertz CT molecular complexity index is 1480. The van der Waals surface area contributed by atoms with E-state index in [1.807, 2.05) is 4.57 Å². The van der Waals surface area contributed by atoms with Crippen LogP contribution in [0.5, 0.6) is 5.88 Å². The van der Waals surface area contributed by atoms with Gasteiger partial charge in [0.2, 0.25) is 11.8 Å². The highest BCUT2D eigenvalue weighted by molar-refractivity contribution is 7.89. The van der Waals surface area contributed by atoms with E-state index in [0.717, 1.165) is 25.6 Å². The van der Waals surface area contributed by atoms with Crippen LogP contribution in [0.3, 0.4) is 0 Å². The molecular weight excluding hydrogens is 529 g/mol. The van der Waals surface area contributed by atoms with Crippen molar-refractivity contribution in [1.29, 1.82) is 0 Å². The number of nitrogens with one attached hydrogen (secondary N) is 1. The van der Waals surface area contributed by atoms with E-state index < -0.39 is 38.5 Å². The van der Waals surface area contributed by atoms with Crippen molar-refractivity contribution in [2.75, 3.05) is 25.9 Å². The monoisotopic (exact) mass is 556 g/mol. The fourth-order valence-electron chi connectivity index (χ4n) is 4.23. The van der Waals surface area contributed by atoms with E-state index >= 15 is 0 Å². The van der Waals surface area contributed by atoms with Gasteiger partial charge < -0.3 is 25.2 Å². The summed E-state index contributed by atoms with van der Waals surface area (Å²) >= 11 is 0. The number of rotatable bonds is 6. The summed E-state index contributed by atoms with van der Waals surface area (Å²) in [5, 5.41) is 3.28. The van der Waals surface area contributed by atoms with Gasteiger partial charge in [0.25, 0.3) is 10.0 Å². The molecule has 0 radical (unpaired) electrons. The van der Waals surface area contributed by atoms with Gasteiger partial charge in [0.05, 0.1) is 29.7 Å². The molecule has 15 heteroatoms. The lowest BCUT2D eigenvalue weighted by Crippen LogP contribution is -2.48. The van der Waals surface area contributed by atoms with Crippen molar-refractivity contribution in [2.24, 2.45) is 0 Å². The summed E-state index contributed by atoms with van der Waals surface area (Å²) in [6.07, 6.45) is -3.20. The zero-order valence-electron chi connectivity index (χ0n) is 21.0. The maximum absolute atomic E-state index is 13.6. The fraction of sp³-hybridized carbons (Fsp3) is 0.435. The van der Waals surface area contributed by atoms with Crippen LogP contribution in [0.1, 0.15) is 33.2 Å². The molecule has 1 atom stereocenters. The number of nitrogens with zero attached hydrogens (tertiary/aromatic N) is 4. The number of benzene rings is 1. The molecule has 0 amide bonds. The molecule has 3 aromatic rings. The predicted molar refractivity (Wildman–Crippen MR) is 131 cm³/mol. The molecule has 0 spiro atoms. The number of aromatic nitrogens is 3. The summed E-state index contributed by atoms with van der Waals surface area (Å²) in [5.41, 5.74) is 6.82. The molecule has 3 N–H and O–H groups in total. The van der Waals surface area contributed by atoms with Gasteiger partial charge in [-0.2, -0.15) is 13.2 Å². The van der Waals surface area contributed by atoms with E-state index in [0.29, 0.717) is 29.1 Å². The number of sulfonamides is 1. The highest BCUT2D eigenvalue weighted by Crippen LogP contribution is 2.35. The molecule has 3 heterocycles. The van der Waals surface area contributed by atoms with Gasteiger partial charge in [0.15, 0.2) is 0 Å². The first kappa shape index (κ1) is 27.6. The Kier molecular flexibility index (Phi) is 7.05. The number of fused-ring (bicyclic) bond motifs is 1. The normalized spacial score (nSPS) is 16.8. The Hall–Kier alpha value is -3.43. The van der Waals surface area contributed by atoms with Gasteiger partial charge >= 0.3 is 12.1 Å². The van der Waals surface area contributed by atoms with Crippen molar-refractivity contribution in [2.45, 2.75) is 49.8 Å². The second-order valence-corrected chi connectivity index (χ2v) is 11.4. The van der Waals surface area contributed by atoms with Gasteiger partial charge in [-0.15, -0.1) is 0 Å². The lowest BCUT2D eigenvalue weighted by atomic mass is 10.1. The van der Waals surface area contributed by atoms with Crippen LogP contribution >= 0.6 is 0 Å². The van der Waals surface area contributed by atoms with Crippen LogP contribution in [-0.4, -0.2) is 65.3 Å². The molecule has 2 aromatic heterocycles. The van der Waals surface area contributed by atoms with Gasteiger partial charge in [-0.25, -0.2) is 23.2 Å². The van der Waals surface area contributed by atoms with Crippen LogP contribution < -0.4 is 15.8 Å². The second kappa shape index (κ2) is 9.71. The number of pyridine rings is 1. The van der Waals surface area contributed by atoms with Crippen LogP contribution in [0.25, 0.3) is 22.2 Å². The van der Waals surface area contributed by atoms with Crippen LogP contribution in [0.4, 0.5) is 19.1 Å². The second-order valence-electron chi connectivity index (χ2n) is 9.70. The van der Waals surface area contributed by atoms with Crippen LogP contribution in [0.15, 0.2) is 35.4 Å². The molecule has 1 aromatic carbocycles. The SMILES string of the molecule is COc1ncc(-c2ccc3nc(N)n(C4CCNC4)c3c2)cc1S(=O)(=O)N(OC(=O)C(F)(F)F)C(C)(C)C. The number of carbonyl (C=O) groups excluding carboxylic acids is 1. The minimum absolute atomic E-state index is 0.00516. The third kappa shape index (κ3) is 5.13. The summed E-state index contributed by atoms with van der Waals surface area (Å²) in [5.74, 6) is -2.73. The molecule has 1 unspecified atom stereocenters. The average Bonchev–Trinajstić information content (AvgIpc) is 3.46. The number of hydrogen-bond donors (Lipinski definition) is 2. The van der Waals surface area contributed by atoms with E-state index in [-0.39, 0.29) is 10.5 Å². The zero-order valence-corrected chi connectivity index (χ0v) is 21.9. The lowest BCUT2D eigenvalue weighted by Gasteiger charge is -2.32. The smallest absolute Gasteiger partial charge is 0.480 e. The topological polar surface area (TPSA) is 142 Å². The predicted octanol–water partition coefficient (Wildman–Crippen LogP) is 3.03. The van der Waals surface area contributed by atoms with E-state index in [2.05, 4.69) is 20.1 Å². The fourth-order valence-corrected chi connectivity index (χ4v) is 5.92. The first-order chi connectivity index (χ1) is 17.6. The number of ether oxygens (including phenoxy) is 1. The van der Waals surface area contributed by atoms with Gasteiger partial charge in [0, 0.05) is 18.3 Å². The standard InChI is InChI=1S/C23H27F3N6O5S/c1-22(2,3)32(37-20(33)23(24,25)26)38(34,35)18-10-14(11-29-19(18)36-4)13-5-6-16-17(9-13)31(21(27)30-16)15-7-8-28-12-15/h5-6,9-11,15,28H,7-8,12H2,1-4H3,(H2,27,30). The average molecular weight is 557 g/mol. The molecule has 11 nitrogen and oxygen atoms in total. The van der Waals surface area contributed by atoms with Crippen molar-refractivity contribution < 1.29 is 36.0 Å². The zero-order chi connectivity index (χ0) is 28.0. The minimum Gasteiger partial charge on any atom is -0.480 e. The van der Waals surface area contributed by atoms with Gasteiger partial charge in [-0.05, 0) is 62.0 Å². The third-order valence-corrected chi connectivity index (χ3v) is 7.81. The molecule has 0 bridgehead atoms. The maximum Gasteiger partial charge on any atom is 0.492 e. The Balaban J connectivity index is 1.82. The minimum atomic E-state index is -5.42. The number of hydrogen-bond acceptors (Lipinski definition) is 9. The summed E-state index contributed by atoms with van der Waals surface area (Å²) in [6.45, 7) is 5.36. The van der Waals surface area contributed by atoms with E-state index in [1.165, 1.54) is 33.0 Å². The number of hydroxylamine groups is 1. The lowest BCUT2D eigenvalue weighted by molar-refractivity contribution is -0.231. The van der Waals surface area contributed by atoms with Crippen LogP contribution in [0, 0.1) is 0 Å². The molecule has 1 aliphatic rings. The molecule has 38 heavy (non-hydrogen) atoms. The van der Waals surface area contributed by atoms with Crippen molar-refractivity contribution >= 4 is 33.0 Å². The Morgan fingerprint density at radius 1 is 1.21 bits per heavy atom. The summed E-state index contributed by atoms with van der Waals surface area (Å²) < 4.78 is 73.0. The number of alkyl halides is 3. The maximum atomic E-state index is 13.6. The largest absolute Gasteiger partial charge is 0.492 e. The number of halogens is 3. The van der Waals surface area contributed by atoms with Crippen molar-refractivity contribution in [1.82, 2.24) is 24.3 Å². The Labute approximate surface area is 216 Å². The molecule has 0 saturated carbocycles. The molecular formula is C23H27F3N6O5S. The van der Waals surface area contributed by atoms with Crippen LogP contribution in [-0.2, 0) is 19.7 Å². The van der Waals surface area contributed by atoms with Crippen LogP contribution in [0.2, 0.25) is 0 Å². The third-order valence-electron chi connectivity index (χ3n) is 5.90. The van der Waals surface area contributed by atoms with Gasteiger partial charge in [-0.3, -0.25) is 0 Å². The molecule has 206 valence electrons. The van der Waals surface area contributed by atoms with E-state index in [1.54, 1.807) is 18.2 Å². The number of anilines is 1. The van der Waals surface area contributed by atoms with Gasteiger partial charge in [-0.1, -0.05) is 6.07 Å². The van der Waals surface area contributed by atoms with Crippen molar-refractivity contribution in [3.05, 3.63) is 30.5 Å². The first-order valence-electron chi connectivity index (χ1n) is 11.5. The first-order valence-corrected chi connectivity index (χ1v) is 13.0. The van der Waals surface area contributed by atoms with Crippen molar-refractivity contribution in [3.63, 3.8) is 0 Å². The number of imidazole rings is 1. The summed E-state index contributed by atoms with van der Waals surface area (Å²) in [7, 11) is -3.73. The summed E-state index contributed by atoms with van der Waals surface area (Å²) in [6, 6.07) is 6.48. The van der Waals surface area contributed by atoms with Gasteiger partial charge in [0.1, 0.15) is 4.90 Å². The molecule has 1 aliphatic heterocycles. The highest BCUT2D eigenvalue weighted by atomic mass is 32.2. The van der Waals surface area contributed by atoms with E-state index in [9.17, 15) is 26.4 Å². The summed E-state index contributed by atoms with van der Waals surface area (Å²) in [4.78, 5) is 23.8. The molecule has 4 rings (SSSR count). The quantitative estimate of drug-likeness (QED) is 0.438. The highest BCUT2D eigenvalue weighted by Gasteiger charge is 2.48. The number of methoxy groups -OCH3 is 1.